The fourth-order valence-electron chi connectivity index (χ4n) is 1.53. The van der Waals surface area contributed by atoms with Crippen molar-refractivity contribution in [3.8, 4) is 17.2 Å². The van der Waals surface area contributed by atoms with Gasteiger partial charge in [0.1, 0.15) is 17.2 Å². The fourth-order valence-corrected chi connectivity index (χ4v) is 1.53. The molecule has 0 aliphatic heterocycles. The minimum atomic E-state index is 0.0329. The van der Waals surface area contributed by atoms with Crippen LogP contribution in [-0.4, -0.2) is 15.3 Å². The Morgan fingerprint density at radius 3 is 2.41 bits per heavy atom. The SMILES string of the molecule is Cc1c(O)cccc1Nc1cc(O)ccc1O. The van der Waals surface area contributed by atoms with Crippen LogP contribution >= 0.6 is 0 Å². The summed E-state index contributed by atoms with van der Waals surface area (Å²) in [5, 5.41) is 31.5. The molecular weight excluding hydrogens is 218 g/mol. The third-order valence-electron chi connectivity index (χ3n) is 2.55. The van der Waals surface area contributed by atoms with E-state index in [1.165, 1.54) is 18.2 Å². The monoisotopic (exact) mass is 231 g/mol. The van der Waals surface area contributed by atoms with Crippen LogP contribution < -0.4 is 5.32 Å². The number of rotatable bonds is 2. The van der Waals surface area contributed by atoms with Crippen molar-refractivity contribution in [1.29, 1.82) is 0 Å². The predicted octanol–water partition coefficient (Wildman–Crippen LogP) is 2.86. The molecule has 0 fully saturated rings. The minimum absolute atomic E-state index is 0.0329. The molecular formula is C13H13NO3. The van der Waals surface area contributed by atoms with E-state index in [4.69, 9.17) is 0 Å². The second kappa shape index (κ2) is 4.25. The number of nitrogens with one attached hydrogen (secondary N) is 1. The van der Waals surface area contributed by atoms with Crippen molar-refractivity contribution in [3.63, 3.8) is 0 Å². The summed E-state index contributed by atoms with van der Waals surface area (Å²) in [4.78, 5) is 0. The van der Waals surface area contributed by atoms with Gasteiger partial charge in [-0.05, 0) is 31.2 Å². The molecule has 0 amide bonds. The average molecular weight is 231 g/mol. The van der Waals surface area contributed by atoms with E-state index in [-0.39, 0.29) is 17.2 Å². The van der Waals surface area contributed by atoms with Gasteiger partial charge in [0.2, 0.25) is 0 Å². The lowest BCUT2D eigenvalue weighted by Gasteiger charge is -2.12. The molecule has 4 heteroatoms. The molecule has 0 aliphatic rings. The van der Waals surface area contributed by atoms with Gasteiger partial charge in [0.15, 0.2) is 0 Å². The van der Waals surface area contributed by atoms with Crippen LogP contribution in [0, 0.1) is 6.92 Å². The maximum Gasteiger partial charge on any atom is 0.139 e. The summed E-state index contributed by atoms with van der Waals surface area (Å²) >= 11 is 0. The van der Waals surface area contributed by atoms with E-state index in [9.17, 15) is 15.3 Å². The van der Waals surface area contributed by atoms with Gasteiger partial charge < -0.3 is 20.6 Å². The van der Waals surface area contributed by atoms with E-state index in [1.807, 2.05) is 0 Å². The standard InChI is InChI=1S/C13H13NO3/c1-8-10(3-2-4-12(8)16)14-11-7-9(15)5-6-13(11)17/h2-7,14-17H,1H3. The average Bonchev–Trinajstić information content (AvgIpc) is 2.30. The highest BCUT2D eigenvalue weighted by Crippen LogP contribution is 2.33. The minimum Gasteiger partial charge on any atom is -0.508 e. The molecule has 0 atom stereocenters. The van der Waals surface area contributed by atoms with E-state index >= 15 is 0 Å². The van der Waals surface area contributed by atoms with E-state index < -0.39 is 0 Å². The lowest BCUT2D eigenvalue weighted by atomic mass is 10.1. The van der Waals surface area contributed by atoms with E-state index in [0.717, 1.165) is 0 Å². The first-order chi connectivity index (χ1) is 8.08. The number of aromatic hydroxyl groups is 3. The molecule has 88 valence electrons. The molecule has 4 nitrogen and oxygen atoms in total. The van der Waals surface area contributed by atoms with Gasteiger partial charge in [0, 0.05) is 17.3 Å². The lowest BCUT2D eigenvalue weighted by Crippen LogP contribution is -1.93. The van der Waals surface area contributed by atoms with Crippen LogP contribution in [0.25, 0.3) is 0 Å². The first-order valence-electron chi connectivity index (χ1n) is 5.15. The Labute approximate surface area is 98.8 Å². The molecule has 0 aromatic heterocycles. The molecule has 2 rings (SSSR count). The summed E-state index contributed by atoms with van der Waals surface area (Å²) in [5.41, 5.74) is 1.74. The number of benzene rings is 2. The Hall–Kier alpha value is -2.36. The van der Waals surface area contributed by atoms with Crippen molar-refractivity contribution in [2.45, 2.75) is 6.92 Å². The number of phenolic OH excluding ortho intramolecular Hbond substituents is 3. The summed E-state index contributed by atoms with van der Waals surface area (Å²) in [6.07, 6.45) is 0. The topological polar surface area (TPSA) is 72.7 Å². The molecule has 0 bridgehead atoms. The zero-order chi connectivity index (χ0) is 12.4. The molecule has 4 N–H and O–H groups in total. The van der Waals surface area contributed by atoms with Crippen LogP contribution in [0.2, 0.25) is 0 Å². The third kappa shape index (κ3) is 2.25. The molecule has 0 heterocycles. The molecule has 0 saturated carbocycles. The van der Waals surface area contributed by atoms with Gasteiger partial charge in [-0.2, -0.15) is 0 Å². The van der Waals surface area contributed by atoms with Crippen molar-refractivity contribution < 1.29 is 15.3 Å². The maximum absolute atomic E-state index is 9.62. The van der Waals surface area contributed by atoms with Crippen molar-refractivity contribution in [1.82, 2.24) is 0 Å². The Morgan fingerprint density at radius 1 is 0.882 bits per heavy atom. The molecule has 0 spiro atoms. The molecule has 0 saturated heterocycles. The normalized spacial score (nSPS) is 10.2. The summed E-state index contributed by atoms with van der Waals surface area (Å²) in [6, 6.07) is 9.27. The molecule has 0 aliphatic carbocycles. The molecule has 0 unspecified atom stereocenters. The van der Waals surface area contributed by atoms with Crippen LogP contribution in [0.15, 0.2) is 36.4 Å². The Bertz CT molecular complexity index is 552. The zero-order valence-corrected chi connectivity index (χ0v) is 9.31. The highest BCUT2D eigenvalue weighted by Gasteiger charge is 2.06. The van der Waals surface area contributed by atoms with Crippen LogP contribution in [0.1, 0.15) is 5.56 Å². The van der Waals surface area contributed by atoms with Crippen LogP contribution in [0.5, 0.6) is 17.2 Å². The fraction of sp³-hybridized carbons (Fsp3) is 0.0769. The van der Waals surface area contributed by atoms with E-state index in [2.05, 4.69) is 5.32 Å². The van der Waals surface area contributed by atoms with Gasteiger partial charge in [-0.25, -0.2) is 0 Å². The number of hydrogen-bond acceptors (Lipinski definition) is 4. The molecule has 17 heavy (non-hydrogen) atoms. The largest absolute Gasteiger partial charge is 0.508 e. The summed E-state index contributed by atoms with van der Waals surface area (Å²) in [7, 11) is 0. The van der Waals surface area contributed by atoms with Crippen LogP contribution in [0.3, 0.4) is 0 Å². The Balaban J connectivity index is 2.38. The quantitative estimate of drug-likeness (QED) is 0.473. The Morgan fingerprint density at radius 2 is 1.65 bits per heavy atom. The highest BCUT2D eigenvalue weighted by atomic mass is 16.3. The highest BCUT2D eigenvalue weighted by molar-refractivity contribution is 5.70. The second-order valence-electron chi connectivity index (χ2n) is 3.78. The van der Waals surface area contributed by atoms with Crippen molar-refractivity contribution >= 4 is 11.4 Å². The number of anilines is 2. The van der Waals surface area contributed by atoms with Gasteiger partial charge in [-0.3, -0.25) is 0 Å². The van der Waals surface area contributed by atoms with Gasteiger partial charge in [0.25, 0.3) is 0 Å². The van der Waals surface area contributed by atoms with Gasteiger partial charge in [-0.15, -0.1) is 0 Å². The number of hydrogen-bond donors (Lipinski definition) is 4. The molecule has 2 aromatic carbocycles. The van der Waals surface area contributed by atoms with E-state index in [1.54, 1.807) is 25.1 Å². The second-order valence-corrected chi connectivity index (χ2v) is 3.78. The smallest absolute Gasteiger partial charge is 0.139 e. The maximum atomic E-state index is 9.62. The molecule has 0 radical (unpaired) electrons. The summed E-state index contributed by atoms with van der Waals surface area (Å²) in [6.45, 7) is 1.76. The lowest BCUT2D eigenvalue weighted by molar-refractivity contribution is 0.462. The zero-order valence-electron chi connectivity index (χ0n) is 9.31. The van der Waals surface area contributed by atoms with Crippen molar-refractivity contribution in [3.05, 3.63) is 42.0 Å². The van der Waals surface area contributed by atoms with Gasteiger partial charge >= 0.3 is 0 Å². The summed E-state index contributed by atoms with van der Waals surface area (Å²) < 4.78 is 0. The third-order valence-corrected chi connectivity index (χ3v) is 2.55. The van der Waals surface area contributed by atoms with E-state index in [0.29, 0.717) is 16.9 Å². The Kier molecular flexibility index (Phi) is 2.78. The molecule has 2 aromatic rings. The van der Waals surface area contributed by atoms with Crippen molar-refractivity contribution in [2.75, 3.05) is 5.32 Å². The first-order valence-corrected chi connectivity index (χ1v) is 5.15. The van der Waals surface area contributed by atoms with Crippen LogP contribution in [0.4, 0.5) is 11.4 Å². The van der Waals surface area contributed by atoms with Crippen molar-refractivity contribution in [2.24, 2.45) is 0 Å². The first kappa shape index (κ1) is 11.1. The predicted molar refractivity (Wildman–Crippen MR) is 65.9 cm³/mol. The number of phenols is 3. The van der Waals surface area contributed by atoms with Crippen LogP contribution in [-0.2, 0) is 0 Å². The van der Waals surface area contributed by atoms with Gasteiger partial charge in [0.05, 0.1) is 5.69 Å². The van der Waals surface area contributed by atoms with Gasteiger partial charge in [-0.1, -0.05) is 6.07 Å². The summed E-state index contributed by atoms with van der Waals surface area (Å²) in [5.74, 6) is 0.267.